The maximum absolute atomic E-state index is 13.2. The van der Waals surface area contributed by atoms with Gasteiger partial charge in [-0.1, -0.05) is 27.7 Å². The highest BCUT2D eigenvalue weighted by Crippen LogP contribution is 2.26. The summed E-state index contributed by atoms with van der Waals surface area (Å²) in [5.41, 5.74) is 2.78. The molecule has 0 aliphatic carbocycles. The van der Waals surface area contributed by atoms with Crippen molar-refractivity contribution >= 4 is 17.7 Å². The van der Waals surface area contributed by atoms with Gasteiger partial charge >= 0.3 is 11.9 Å². The third-order valence-electron chi connectivity index (χ3n) is 4.45. The molecular weight excluding hydrogens is 356 g/mol. The van der Waals surface area contributed by atoms with Crippen LogP contribution in [0.5, 0.6) is 11.5 Å². The van der Waals surface area contributed by atoms with Crippen LogP contribution >= 0.6 is 0 Å². The summed E-state index contributed by atoms with van der Waals surface area (Å²) in [6.45, 7) is 7.36. The van der Waals surface area contributed by atoms with Crippen molar-refractivity contribution in [3.8, 4) is 11.5 Å². The molecule has 0 aromatic heterocycles. The van der Waals surface area contributed by atoms with E-state index >= 15 is 0 Å². The highest BCUT2D eigenvalue weighted by Gasteiger charge is 2.18. The Hall–Kier alpha value is -2.95. The number of ketones is 1. The van der Waals surface area contributed by atoms with Crippen LogP contribution in [-0.2, 0) is 22.4 Å². The van der Waals surface area contributed by atoms with Crippen molar-refractivity contribution in [3.63, 3.8) is 0 Å². The average molecular weight is 382 g/mol. The molecule has 0 aliphatic heterocycles. The lowest BCUT2D eigenvalue weighted by atomic mass is 9.93. The van der Waals surface area contributed by atoms with Gasteiger partial charge in [-0.25, -0.2) is 0 Å². The monoisotopic (exact) mass is 382 g/mol. The molecule has 5 heteroatoms. The van der Waals surface area contributed by atoms with E-state index in [0.29, 0.717) is 35.5 Å². The van der Waals surface area contributed by atoms with Crippen LogP contribution in [0.2, 0.25) is 0 Å². The molecule has 0 saturated heterocycles. The first-order chi connectivity index (χ1) is 13.4. The molecule has 0 unspecified atom stereocenters. The SMILES string of the molecule is CCC(=O)Oc1ccc(C(=O)c2ccc(OC(=O)CC)cc2CC)c(CC)c1. The molecule has 0 saturated carbocycles. The Kier molecular flexibility index (Phi) is 7.50. The largest absolute Gasteiger partial charge is 0.427 e. The van der Waals surface area contributed by atoms with Crippen molar-refractivity contribution in [3.05, 3.63) is 58.7 Å². The highest BCUT2D eigenvalue weighted by atomic mass is 16.5. The standard InChI is InChI=1S/C23H26O5/c1-5-15-13-17(27-21(24)7-3)9-11-19(15)23(26)20-12-10-18(14-16(20)6-2)28-22(25)8-4/h9-14H,5-8H2,1-4H3. The van der Waals surface area contributed by atoms with Gasteiger partial charge in [-0.15, -0.1) is 0 Å². The third kappa shape index (κ3) is 5.06. The minimum Gasteiger partial charge on any atom is -0.427 e. The van der Waals surface area contributed by atoms with Crippen LogP contribution in [0.25, 0.3) is 0 Å². The van der Waals surface area contributed by atoms with Gasteiger partial charge in [0, 0.05) is 24.0 Å². The van der Waals surface area contributed by atoms with Crippen molar-refractivity contribution < 1.29 is 23.9 Å². The molecule has 0 aliphatic rings. The molecule has 0 radical (unpaired) electrons. The van der Waals surface area contributed by atoms with E-state index in [4.69, 9.17) is 9.47 Å². The molecule has 2 aromatic rings. The summed E-state index contributed by atoms with van der Waals surface area (Å²) in [5, 5.41) is 0. The topological polar surface area (TPSA) is 69.7 Å². The molecule has 5 nitrogen and oxygen atoms in total. The fourth-order valence-electron chi connectivity index (χ4n) is 2.85. The average Bonchev–Trinajstić information content (AvgIpc) is 2.72. The predicted octanol–water partition coefficient (Wildman–Crippen LogP) is 4.67. The zero-order valence-corrected chi connectivity index (χ0v) is 16.8. The van der Waals surface area contributed by atoms with Crippen molar-refractivity contribution in [1.29, 1.82) is 0 Å². The van der Waals surface area contributed by atoms with Gasteiger partial charge in [0.1, 0.15) is 11.5 Å². The fourth-order valence-corrected chi connectivity index (χ4v) is 2.85. The number of esters is 2. The molecule has 0 fully saturated rings. The Bertz CT molecular complexity index is 811. The molecule has 0 bridgehead atoms. The number of hydrogen-bond donors (Lipinski definition) is 0. The number of benzene rings is 2. The van der Waals surface area contributed by atoms with Gasteiger partial charge < -0.3 is 9.47 Å². The summed E-state index contributed by atoms with van der Waals surface area (Å²) < 4.78 is 10.5. The van der Waals surface area contributed by atoms with Crippen LogP contribution in [0.1, 0.15) is 67.6 Å². The Balaban J connectivity index is 2.36. The lowest BCUT2D eigenvalue weighted by Gasteiger charge is -2.13. The quantitative estimate of drug-likeness (QED) is 0.377. The molecule has 28 heavy (non-hydrogen) atoms. The van der Waals surface area contributed by atoms with E-state index < -0.39 is 0 Å². The Morgan fingerprint density at radius 1 is 0.679 bits per heavy atom. The molecule has 0 amide bonds. The van der Waals surface area contributed by atoms with Crippen LogP contribution in [0.15, 0.2) is 36.4 Å². The Morgan fingerprint density at radius 2 is 1.07 bits per heavy atom. The zero-order valence-electron chi connectivity index (χ0n) is 16.8. The molecule has 0 atom stereocenters. The number of ether oxygens (including phenoxy) is 2. The molecule has 148 valence electrons. The second-order valence-electron chi connectivity index (χ2n) is 6.33. The van der Waals surface area contributed by atoms with E-state index in [1.165, 1.54) is 0 Å². The van der Waals surface area contributed by atoms with Crippen molar-refractivity contribution in [2.45, 2.75) is 53.4 Å². The molecule has 0 N–H and O–H groups in total. The van der Waals surface area contributed by atoms with Crippen molar-refractivity contribution in [2.75, 3.05) is 0 Å². The second-order valence-corrected chi connectivity index (χ2v) is 6.33. The third-order valence-corrected chi connectivity index (χ3v) is 4.45. The van der Waals surface area contributed by atoms with Gasteiger partial charge in [0.2, 0.25) is 0 Å². The Labute approximate surface area is 165 Å². The summed E-state index contributed by atoms with van der Waals surface area (Å²) >= 11 is 0. The lowest BCUT2D eigenvalue weighted by molar-refractivity contribution is -0.134. The van der Waals surface area contributed by atoms with Crippen LogP contribution in [0, 0.1) is 0 Å². The number of carbonyl (C=O) groups is 3. The minimum atomic E-state index is -0.313. The summed E-state index contributed by atoms with van der Waals surface area (Å²) in [7, 11) is 0. The lowest BCUT2D eigenvalue weighted by Crippen LogP contribution is -2.11. The number of aryl methyl sites for hydroxylation is 2. The summed E-state index contributed by atoms with van der Waals surface area (Å²) in [5.74, 6) is 0.157. The van der Waals surface area contributed by atoms with Crippen molar-refractivity contribution in [1.82, 2.24) is 0 Å². The van der Waals surface area contributed by atoms with E-state index in [-0.39, 0.29) is 30.6 Å². The van der Waals surface area contributed by atoms with Gasteiger partial charge in [0.25, 0.3) is 0 Å². The van der Waals surface area contributed by atoms with E-state index in [1.807, 2.05) is 13.8 Å². The maximum atomic E-state index is 13.2. The molecule has 0 spiro atoms. The normalized spacial score (nSPS) is 10.4. The van der Waals surface area contributed by atoms with E-state index in [1.54, 1.807) is 50.2 Å². The first-order valence-electron chi connectivity index (χ1n) is 9.65. The zero-order chi connectivity index (χ0) is 20.7. The first kappa shape index (κ1) is 21.4. The number of carbonyl (C=O) groups excluding carboxylic acids is 3. The van der Waals surface area contributed by atoms with Gasteiger partial charge in [-0.05, 0) is 60.4 Å². The smallest absolute Gasteiger partial charge is 0.310 e. The summed E-state index contributed by atoms with van der Waals surface area (Å²) in [6, 6.07) is 10.2. The Morgan fingerprint density at radius 3 is 1.39 bits per heavy atom. The van der Waals surface area contributed by atoms with Gasteiger partial charge in [-0.3, -0.25) is 14.4 Å². The maximum Gasteiger partial charge on any atom is 0.310 e. The summed E-state index contributed by atoms with van der Waals surface area (Å²) in [4.78, 5) is 36.2. The molecule has 2 rings (SSSR count). The van der Waals surface area contributed by atoms with Crippen LogP contribution in [0.3, 0.4) is 0 Å². The minimum absolute atomic E-state index is 0.101. The van der Waals surface area contributed by atoms with E-state index in [2.05, 4.69) is 0 Å². The van der Waals surface area contributed by atoms with Gasteiger partial charge in [-0.2, -0.15) is 0 Å². The first-order valence-corrected chi connectivity index (χ1v) is 9.65. The molecular formula is C23H26O5. The highest BCUT2D eigenvalue weighted by molar-refractivity contribution is 6.11. The number of rotatable bonds is 8. The van der Waals surface area contributed by atoms with Crippen molar-refractivity contribution in [2.24, 2.45) is 0 Å². The second kappa shape index (κ2) is 9.83. The van der Waals surface area contributed by atoms with E-state index in [0.717, 1.165) is 11.1 Å². The van der Waals surface area contributed by atoms with Crippen LogP contribution in [0.4, 0.5) is 0 Å². The molecule has 0 heterocycles. The number of hydrogen-bond acceptors (Lipinski definition) is 5. The van der Waals surface area contributed by atoms with Crippen LogP contribution < -0.4 is 9.47 Å². The molecule has 2 aromatic carbocycles. The van der Waals surface area contributed by atoms with Gasteiger partial charge in [0.15, 0.2) is 5.78 Å². The van der Waals surface area contributed by atoms with Crippen LogP contribution in [-0.4, -0.2) is 17.7 Å². The predicted molar refractivity (Wildman–Crippen MR) is 107 cm³/mol. The summed E-state index contributed by atoms with van der Waals surface area (Å²) in [6.07, 6.45) is 1.84. The van der Waals surface area contributed by atoms with E-state index in [9.17, 15) is 14.4 Å². The fraction of sp³-hybridized carbons (Fsp3) is 0.348. The van der Waals surface area contributed by atoms with Gasteiger partial charge in [0.05, 0.1) is 0 Å².